The van der Waals surface area contributed by atoms with Crippen LogP contribution in [0, 0.1) is 0 Å². The van der Waals surface area contributed by atoms with E-state index in [9.17, 15) is 5.11 Å². The Kier molecular flexibility index (Phi) is 4.85. The van der Waals surface area contributed by atoms with E-state index >= 15 is 0 Å². The van der Waals surface area contributed by atoms with Gasteiger partial charge in [0.05, 0.1) is 12.2 Å². The van der Waals surface area contributed by atoms with E-state index in [-0.39, 0.29) is 18.8 Å². The number of ether oxygens (including phenoxy) is 2. The van der Waals surface area contributed by atoms with Crippen molar-refractivity contribution in [3.05, 3.63) is 34.9 Å². The molecule has 3 nitrogen and oxygen atoms in total. The van der Waals surface area contributed by atoms with E-state index in [1.807, 2.05) is 24.3 Å². The van der Waals surface area contributed by atoms with Crippen molar-refractivity contribution in [3.8, 4) is 0 Å². The first-order valence-electron chi connectivity index (χ1n) is 7.92. The van der Waals surface area contributed by atoms with E-state index in [1.165, 1.54) is 6.42 Å². The van der Waals surface area contributed by atoms with Crippen LogP contribution in [0.5, 0.6) is 0 Å². The second kappa shape index (κ2) is 6.66. The fraction of sp³-hybridized carbons (Fsp3) is 0.647. The van der Waals surface area contributed by atoms with E-state index in [1.54, 1.807) is 0 Å². The van der Waals surface area contributed by atoms with Crippen LogP contribution in [0.15, 0.2) is 24.3 Å². The van der Waals surface area contributed by atoms with Crippen LogP contribution in [0.25, 0.3) is 0 Å². The van der Waals surface area contributed by atoms with Crippen molar-refractivity contribution in [3.63, 3.8) is 0 Å². The minimum atomic E-state index is -0.413. The molecule has 1 saturated carbocycles. The van der Waals surface area contributed by atoms with Gasteiger partial charge in [0.1, 0.15) is 0 Å². The number of halogens is 1. The van der Waals surface area contributed by atoms with Gasteiger partial charge in [0.15, 0.2) is 5.79 Å². The van der Waals surface area contributed by atoms with E-state index in [4.69, 9.17) is 21.1 Å². The maximum atomic E-state index is 9.29. The fourth-order valence-electron chi connectivity index (χ4n) is 3.48. The Bertz CT molecular complexity index is 471. The molecule has 4 heteroatoms. The molecule has 1 aromatic carbocycles. The minimum absolute atomic E-state index is 0.0184. The molecule has 1 aliphatic heterocycles. The summed E-state index contributed by atoms with van der Waals surface area (Å²) in [5.41, 5.74) is 1.09. The molecule has 1 heterocycles. The topological polar surface area (TPSA) is 38.7 Å². The number of aliphatic hydroxyl groups excluding tert-OH is 1. The van der Waals surface area contributed by atoms with Gasteiger partial charge < -0.3 is 14.6 Å². The van der Waals surface area contributed by atoms with Crippen molar-refractivity contribution < 1.29 is 14.6 Å². The molecule has 0 amide bonds. The number of benzene rings is 1. The van der Waals surface area contributed by atoms with Gasteiger partial charge in [-0.2, -0.15) is 0 Å². The summed E-state index contributed by atoms with van der Waals surface area (Å²) in [6.07, 6.45) is 6.81. The first-order chi connectivity index (χ1) is 10.2. The molecular formula is C17H23ClO3. The third-order valence-corrected chi connectivity index (χ3v) is 4.92. The van der Waals surface area contributed by atoms with E-state index < -0.39 is 5.79 Å². The molecular weight excluding hydrogens is 288 g/mol. The number of aliphatic hydroxyl groups is 1. The maximum Gasteiger partial charge on any atom is 0.169 e. The highest BCUT2D eigenvalue weighted by atomic mass is 35.5. The van der Waals surface area contributed by atoms with Crippen LogP contribution in [0.1, 0.15) is 44.1 Å². The van der Waals surface area contributed by atoms with Crippen molar-refractivity contribution in [2.45, 2.75) is 62.9 Å². The van der Waals surface area contributed by atoms with Gasteiger partial charge in [0.2, 0.25) is 0 Å². The van der Waals surface area contributed by atoms with Gasteiger partial charge in [-0.05, 0) is 30.9 Å². The van der Waals surface area contributed by atoms with Crippen LogP contribution in [0.2, 0.25) is 5.02 Å². The standard InChI is InChI=1S/C17H23ClO3/c18-14-7-3-2-6-13(14)12-16-15(8-11-19)20-17(21-16)9-4-1-5-10-17/h2-3,6-7,15-16,19H,1,4-5,8-12H2. The first-order valence-corrected chi connectivity index (χ1v) is 8.30. The Balaban J connectivity index is 1.74. The zero-order chi connectivity index (χ0) is 14.7. The molecule has 1 spiro atoms. The van der Waals surface area contributed by atoms with E-state index in [2.05, 4.69) is 0 Å². The molecule has 1 aromatic rings. The molecule has 2 atom stereocenters. The third kappa shape index (κ3) is 3.42. The summed E-state index contributed by atoms with van der Waals surface area (Å²) in [6.45, 7) is 0.128. The highest BCUT2D eigenvalue weighted by Crippen LogP contribution is 2.42. The first kappa shape index (κ1) is 15.3. The summed E-state index contributed by atoms with van der Waals surface area (Å²) in [4.78, 5) is 0. The van der Waals surface area contributed by atoms with Crippen LogP contribution in [-0.2, 0) is 15.9 Å². The summed E-state index contributed by atoms with van der Waals surface area (Å²) >= 11 is 6.26. The molecule has 2 aliphatic rings. The molecule has 0 bridgehead atoms. The van der Waals surface area contributed by atoms with Crippen molar-refractivity contribution >= 4 is 11.6 Å². The van der Waals surface area contributed by atoms with Crippen LogP contribution in [-0.4, -0.2) is 29.7 Å². The smallest absolute Gasteiger partial charge is 0.169 e. The van der Waals surface area contributed by atoms with Gasteiger partial charge in [-0.25, -0.2) is 0 Å². The highest BCUT2D eigenvalue weighted by molar-refractivity contribution is 6.31. The molecule has 1 aliphatic carbocycles. The van der Waals surface area contributed by atoms with Crippen LogP contribution in [0.3, 0.4) is 0 Å². The Morgan fingerprint density at radius 1 is 1.10 bits per heavy atom. The predicted molar refractivity (Wildman–Crippen MR) is 82.4 cm³/mol. The minimum Gasteiger partial charge on any atom is -0.396 e. The number of hydrogen-bond acceptors (Lipinski definition) is 3. The normalized spacial score (nSPS) is 28.1. The van der Waals surface area contributed by atoms with Crippen molar-refractivity contribution in [1.29, 1.82) is 0 Å². The SMILES string of the molecule is OCCC1OC2(CCCCC2)OC1Cc1ccccc1Cl. The Morgan fingerprint density at radius 2 is 1.81 bits per heavy atom. The second-order valence-corrected chi connectivity index (χ2v) is 6.50. The van der Waals surface area contributed by atoms with Crippen molar-refractivity contribution in [2.75, 3.05) is 6.61 Å². The lowest BCUT2D eigenvalue weighted by atomic mass is 9.94. The van der Waals surface area contributed by atoms with Gasteiger partial charge in [0, 0.05) is 30.9 Å². The van der Waals surface area contributed by atoms with Crippen molar-refractivity contribution in [2.24, 2.45) is 0 Å². The van der Waals surface area contributed by atoms with E-state index in [0.29, 0.717) is 6.42 Å². The average Bonchev–Trinajstić information content (AvgIpc) is 2.80. The molecule has 21 heavy (non-hydrogen) atoms. The Hall–Kier alpha value is -0.610. The molecule has 2 fully saturated rings. The van der Waals surface area contributed by atoms with Gasteiger partial charge in [-0.3, -0.25) is 0 Å². The lowest BCUT2D eigenvalue weighted by Gasteiger charge is -2.32. The molecule has 1 saturated heterocycles. The third-order valence-electron chi connectivity index (χ3n) is 4.55. The molecule has 0 radical (unpaired) electrons. The van der Waals surface area contributed by atoms with Gasteiger partial charge >= 0.3 is 0 Å². The summed E-state index contributed by atoms with van der Waals surface area (Å²) < 4.78 is 12.6. The molecule has 2 unspecified atom stereocenters. The summed E-state index contributed by atoms with van der Waals surface area (Å²) in [5.74, 6) is -0.413. The van der Waals surface area contributed by atoms with Crippen molar-refractivity contribution in [1.82, 2.24) is 0 Å². The zero-order valence-corrected chi connectivity index (χ0v) is 13.0. The van der Waals surface area contributed by atoms with Crippen LogP contribution >= 0.6 is 11.6 Å². The number of hydrogen-bond donors (Lipinski definition) is 1. The molecule has 0 aromatic heterocycles. The van der Waals surface area contributed by atoms with Gasteiger partial charge in [-0.15, -0.1) is 0 Å². The summed E-state index contributed by atoms with van der Waals surface area (Å²) in [6, 6.07) is 7.87. The van der Waals surface area contributed by atoms with Gasteiger partial charge in [-0.1, -0.05) is 36.2 Å². The van der Waals surface area contributed by atoms with Crippen LogP contribution in [0.4, 0.5) is 0 Å². The Morgan fingerprint density at radius 3 is 2.52 bits per heavy atom. The largest absolute Gasteiger partial charge is 0.396 e. The van der Waals surface area contributed by atoms with Crippen LogP contribution < -0.4 is 0 Å². The molecule has 1 N–H and O–H groups in total. The molecule has 116 valence electrons. The Labute approximate surface area is 131 Å². The lowest BCUT2D eigenvalue weighted by Crippen LogP contribution is -2.33. The monoisotopic (exact) mass is 310 g/mol. The second-order valence-electron chi connectivity index (χ2n) is 6.09. The summed E-state index contributed by atoms with van der Waals surface area (Å²) in [5, 5.41) is 10.1. The zero-order valence-electron chi connectivity index (χ0n) is 12.3. The predicted octanol–water partition coefficient (Wildman–Crippen LogP) is 3.71. The summed E-state index contributed by atoms with van der Waals surface area (Å²) in [7, 11) is 0. The number of rotatable bonds is 4. The molecule has 3 rings (SSSR count). The average molecular weight is 311 g/mol. The maximum absolute atomic E-state index is 9.29. The van der Waals surface area contributed by atoms with Gasteiger partial charge in [0.25, 0.3) is 0 Å². The lowest BCUT2D eigenvalue weighted by molar-refractivity contribution is -0.194. The quantitative estimate of drug-likeness (QED) is 0.921. The fourth-order valence-corrected chi connectivity index (χ4v) is 3.70. The highest BCUT2D eigenvalue weighted by Gasteiger charge is 2.47. The van der Waals surface area contributed by atoms with E-state index in [0.717, 1.165) is 42.7 Å².